The fourth-order valence-corrected chi connectivity index (χ4v) is 2.93. The molecule has 0 radical (unpaired) electrons. The third-order valence-electron chi connectivity index (χ3n) is 4.00. The van der Waals surface area contributed by atoms with E-state index in [0.29, 0.717) is 11.8 Å². The van der Waals surface area contributed by atoms with Crippen LogP contribution in [0.25, 0.3) is 10.8 Å². The van der Waals surface area contributed by atoms with Crippen LogP contribution in [0.4, 0.5) is 5.69 Å². The van der Waals surface area contributed by atoms with Gasteiger partial charge in [0.1, 0.15) is 0 Å². The van der Waals surface area contributed by atoms with Crippen molar-refractivity contribution < 1.29 is 24.0 Å². The summed E-state index contributed by atoms with van der Waals surface area (Å²) in [6.45, 7) is 1.47. The highest BCUT2D eigenvalue weighted by molar-refractivity contribution is 6.26. The second-order valence-corrected chi connectivity index (χ2v) is 5.57. The fourth-order valence-electron chi connectivity index (χ4n) is 2.93. The van der Waals surface area contributed by atoms with E-state index in [1.165, 1.54) is 25.1 Å². The van der Waals surface area contributed by atoms with Crippen LogP contribution in [0.15, 0.2) is 30.3 Å². The minimum Gasteiger partial charge on any atom is -0.466 e. The number of non-ortho nitro benzene ring substituents is 1. The zero-order chi connectivity index (χ0) is 18.1. The van der Waals surface area contributed by atoms with Gasteiger partial charge >= 0.3 is 5.97 Å². The van der Waals surface area contributed by atoms with Crippen LogP contribution >= 0.6 is 0 Å². The number of ether oxygens (including phenoxy) is 1. The lowest BCUT2D eigenvalue weighted by Crippen LogP contribution is -2.41. The molecule has 0 aliphatic carbocycles. The fraction of sp³-hybridized carbons (Fsp3) is 0.235. The molecule has 1 aliphatic heterocycles. The van der Waals surface area contributed by atoms with Gasteiger partial charge in [-0.25, -0.2) is 0 Å². The second-order valence-electron chi connectivity index (χ2n) is 5.57. The van der Waals surface area contributed by atoms with E-state index in [2.05, 4.69) is 0 Å². The monoisotopic (exact) mass is 342 g/mol. The molecule has 25 heavy (non-hydrogen) atoms. The van der Waals surface area contributed by atoms with Gasteiger partial charge in [0.15, 0.2) is 0 Å². The Morgan fingerprint density at radius 3 is 2.48 bits per heavy atom. The number of rotatable bonds is 5. The predicted molar refractivity (Wildman–Crippen MR) is 87.2 cm³/mol. The number of hydrogen-bond donors (Lipinski definition) is 0. The Bertz CT molecular complexity index is 898. The summed E-state index contributed by atoms with van der Waals surface area (Å²) >= 11 is 0. The van der Waals surface area contributed by atoms with Crippen molar-refractivity contribution in [2.75, 3.05) is 13.2 Å². The van der Waals surface area contributed by atoms with Gasteiger partial charge < -0.3 is 4.74 Å². The van der Waals surface area contributed by atoms with Crippen molar-refractivity contribution >= 4 is 34.2 Å². The van der Waals surface area contributed by atoms with E-state index >= 15 is 0 Å². The van der Waals surface area contributed by atoms with Gasteiger partial charge in [0.2, 0.25) is 0 Å². The summed E-state index contributed by atoms with van der Waals surface area (Å²) < 4.78 is 4.81. The Labute approximate surface area is 142 Å². The van der Waals surface area contributed by atoms with E-state index in [4.69, 9.17) is 4.74 Å². The summed E-state index contributed by atoms with van der Waals surface area (Å²) in [5, 5.41) is 11.8. The molecule has 0 saturated heterocycles. The Morgan fingerprint density at radius 1 is 1.16 bits per heavy atom. The molecular weight excluding hydrogens is 328 g/mol. The summed E-state index contributed by atoms with van der Waals surface area (Å²) in [5.41, 5.74) is 0.357. The van der Waals surface area contributed by atoms with Gasteiger partial charge in [0.05, 0.1) is 16.9 Å². The minimum atomic E-state index is -0.538. The molecule has 8 nitrogen and oxygen atoms in total. The van der Waals surface area contributed by atoms with Crippen molar-refractivity contribution in [3.63, 3.8) is 0 Å². The van der Waals surface area contributed by atoms with Gasteiger partial charge in [0, 0.05) is 36.0 Å². The third-order valence-corrected chi connectivity index (χ3v) is 4.00. The summed E-state index contributed by atoms with van der Waals surface area (Å²) in [7, 11) is 0. The summed E-state index contributed by atoms with van der Waals surface area (Å²) in [6.07, 6.45) is 0.315. The standard InChI is InChI=1S/C17H14N2O6/c1-10(20)25-9-3-8-18-16(21)12-5-2-4-11-14(19(23)24)7-6-13(15(11)12)17(18)22/h2,4-7H,3,8-9H2,1H3. The van der Waals surface area contributed by atoms with Gasteiger partial charge in [-0.15, -0.1) is 0 Å². The van der Waals surface area contributed by atoms with Crippen LogP contribution in [0.1, 0.15) is 34.1 Å². The SMILES string of the molecule is CC(=O)OCCCN1C(=O)c2cccc3c([N+](=O)[O-])ccc(c23)C1=O. The van der Waals surface area contributed by atoms with Gasteiger partial charge in [-0.05, 0) is 24.6 Å². The molecule has 2 amide bonds. The third kappa shape index (κ3) is 2.82. The summed E-state index contributed by atoms with van der Waals surface area (Å²) in [6, 6.07) is 7.27. The molecule has 1 aliphatic rings. The molecule has 0 spiro atoms. The van der Waals surface area contributed by atoms with Gasteiger partial charge in [0.25, 0.3) is 17.5 Å². The van der Waals surface area contributed by atoms with Crippen LogP contribution in [0, 0.1) is 10.1 Å². The van der Waals surface area contributed by atoms with E-state index < -0.39 is 22.7 Å². The number of hydrogen-bond acceptors (Lipinski definition) is 6. The normalized spacial score (nSPS) is 13.2. The van der Waals surface area contributed by atoms with Crippen molar-refractivity contribution in [2.24, 2.45) is 0 Å². The number of imide groups is 1. The van der Waals surface area contributed by atoms with Crippen LogP contribution in [-0.4, -0.2) is 40.8 Å². The van der Waals surface area contributed by atoms with Crippen LogP contribution in [0.5, 0.6) is 0 Å². The van der Waals surface area contributed by atoms with Gasteiger partial charge in [-0.1, -0.05) is 6.07 Å². The van der Waals surface area contributed by atoms with Crippen molar-refractivity contribution in [1.29, 1.82) is 0 Å². The molecule has 0 N–H and O–H groups in total. The molecule has 128 valence electrons. The first kappa shape index (κ1) is 16.6. The molecule has 0 fully saturated rings. The van der Waals surface area contributed by atoms with Crippen LogP contribution in [-0.2, 0) is 9.53 Å². The molecule has 2 aromatic rings. The molecule has 0 bridgehead atoms. The van der Waals surface area contributed by atoms with E-state index in [0.717, 1.165) is 4.90 Å². The van der Waals surface area contributed by atoms with E-state index in [1.54, 1.807) is 12.1 Å². The molecule has 0 unspecified atom stereocenters. The first-order valence-electron chi connectivity index (χ1n) is 7.61. The first-order chi connectivity index (χ1) is 11.9. The maximum atomic E-state index is 12.7. The average Bonchev–Trinajstić information content (AvgIpc) is 2.57. The lowest BCUT2D eigenvalue weighted by Gasteiger charge is -2.27. The van der Waals surface area contributed by atoms with Crippen LogP contribution < -0.4 is 0 Å². The average molecular weight is 342 g/mol. The molecular formula is C17H14N2O6. The highest BCUT2D eigenvalue weighted by atomic mass is 16.6. The van der Waals surface area contributed by atoms with E-state index in [1.807, 2.05) is 0 Å². The molecule has 8 heteroatoms. The van der Waals surface area contributed by atoms with Crippen LogP contribution in [0.3, 0.4) is 0 Å². The van der Waals surface area contributed by atoms with Crippen molar-refractivity contribution in [3.05, 3.63) is 51.6 Å². The molecule has 2 aromatic carbocycles. The number of carbonyl (C=O) groups is 3. The topological polar surface area (TPSA) is 107 Å². The largest absolute Gasteiger partial charge is 0.466 e. The lowest BCUT2D eigenvalue weighted by molar-refractivity contribution is -0.383. The molecule has 1 heterocycles. The Hall–Kier alpha value is -3.29. The molecule has 0 aromatic heterocycles. The number of benzene rings is 2. The summed E-state index contributed by atoms with van der Waals surface area (Å²) in [4.78, 5) is 47.8. The highest BCUT2D eigenvalue weighted by Gasteiger charge is 2.34. The number of carbonyl (C=O) groups excluding carboxylic acids is 3. The molecule has 0 atom stereocenters. The molecule has 0 saturated carbocycles. The Kier molecular flexibility index (Phi) is 4.18. The number of amides is 2. The highest BCUT2D eigenvalue weighted by Crippen LogP contribution is 2.35. The Morgan fingerprint density at radius 2 is 1.84 bits per heavy atom. The zero-order valence-corrected chi connectivity index (χ0v) is 13.4. The minimum absolute atomic E-state index is 0.0950. The predicted octanol–water partition coefficient (Wildman–Crippen LogP) is 2.30. The van der Waals surface area contributed by atoms with E-state index in [9.17, 15) is 24.5 Å². The van der Waals surface area contributed by atoms with Gasteiger partial charge in [-0.3, -0.25) is 29.4 Å². The maximum Gasteiger partial charge on any atom is 0.302 e. The Balaban J connectivity index is 1.99. The number of nitro groups is 1. The van der Waals surface area contributed by atoms with Crippen molar-refractivity contribution in [3.8, 4) is 0 Å². The number of esters is 1. The van der Waals surface area contributed by atoms with E-state index in [-0.39, 0.29) is 35.4 Å². The van der Waals surface area contributed by atoms with Crippen molar-refractivity contribution in [1.82, 2.24) is 4.90 Å². The van der Waals surface area contributed by atoms with Crippen molar-refractivity contribution in [2.45, 2.75) is 13.3 Å². The quantitative estimate of drug-likeness (QED) is 0.271. The zero-order valence-electron chi connectivity index (χ0n) is 13.4. The summed E-state index contributed by atoms with van der Waals surface area (Å²) in [5.74, 6) is -1.45. The lowest BCUT2D eigenvalue weighted by atomic mass is 9.93. The second kappa shape index (κ2) is 6.31. The first-order valence-corrected chi connectivity index (χ1v) is 7.61. The molecule has 3 rings (SSSR count). The maximum absolute atomic E-state index is 12.7. The number of nitrogens with zero attached hydrogens (tertiary/aromatic N) is 2. The van der Waals surface area contributed by atoms with Gasteiger partial charge in [-0.2, -0.15) is 0 Å². The smallest absolute Gasteiger partial charge is 0.302 e. The number of nitro benzene ring substituents is 1. The van der Waals surface area contributed by atoms with Crippen LogP contribution in [0.2, 0.25) is 0 Å².